The lowest BCUT2D eigenvalue weighted by atomic mass is 10.2. The normalized spacial score (nSPS) is 27.3. The third kappa shape index (κ3) is 1.69. The summed E-state index contributed by atoms with van der Waals surface area (Å²) in [6.45, 7) is 4.69. The van der Waals surface area contributed by atoms with Gasteiger partial charge in [-0.1, -0.05) is 6.92 Å². The minimum atomic E-state index is 0.182. The fraction of sp³-hybridized carbons (Fsp3) is 0.700. The molecule has 0 aromatic rings. The molecule has 1 unspecified atom stereocenters. The number of rotatable bonds is 1. The van der Waals surface area contributed by atoms with Crippen LogP contribution in [0.5, 0.6) is 0 Å². The summed E-state index contributed by atoms with van der Waals surface area (Å²) in [6, 6.07) is 0. The molecular formula is C10H15NO2. The molecule has 3 heteroatoms. The first-order chi connectivity index (χ1) is 6.27. The Morgan fingerprint density at radius 3 is 3.08 bits per heavy atom. The molecule has 0 radical (unpaired) electrons. The van der Waals surface area contributed by atoms with Crippen LogP contribution in [0.25, 0.3) is 0 Å². The Hall–Kier alpha value is -0.990. The standard InChI is InChI=1S/C10H15NO2/c1-8-2-4-11(6-8)10(12)9-3-5-13-7-9/h7-8H,2-6H2,1H3. The Bertz CT molecular complexity index is 247. The van der Waals surface area contributed by atoms with E-state index in [0.29, 0.717) is 12.5 Å². The van der Waals surface area contributed by atoms with Gasteiger partial charge in [-0.2, -0.15) is 0 Å². The van der Waals surface area contributed by atoms with E-state index in [-0.39, 0.29) is 5.91 Å². The summed E-state index contributed by atoms with van der Waals surface area (Å²) in [5.41, 5.74) is 0.842. The van der Waals surface area contributed by atoms with Gasteiger partial charge < -0.3 is 9.64 Å². The third-order valence-electron chi connectivity index (χ3n) is 2.70. The first-order valence-corrected chi connectivity index (χ1v) is 4.87. The zero-order valence-corrected chi connectivity index (χ0v) is 7.95. The van der Waals surface area contributed by atoms with Gasteiger partial charge in [0.25, 0.3) is 5.91 Å². The average molecular weight is 181 g/mol. The summed E-state index contributed by atoms with van der Waals surface area (Å²) in [7, 11) is 0. The lowest BCUT2D eigenvalue weighted by Crippen LogP contribution is -2.29. The van der Waals surface area contributed by atoms with Crippen molar-refractivity contribution in [3.8, 4) is 0 Å². The highest BCUT2D eigenvalue weighted by Gasteiger charge is 2.26. The van der Waals surface area contributed by atoms with E-state index in [2.05, 4.69) is 6.92 Å². The van der Waals surface area contributed by atoms with Crippen LogP contribution in [0.3, 0.4) is 0 Å². The lowest BCUT2D eigenvalue weighted by Gasteiger charge is -2.15. The van der Waals surface area contributed by atoms with Crippen LogP contribution in [0.4, 0.5) is 0 Å². The van der Waals surface area contributed by atoms with Crippen molar-refractivity contribution in [3.63, 3.8) is 0 Å². The van der Waals surface area contributed by atoms with Crippen molar-refractivity contribution in [3.05, 3.63) is 11.8 Å². The van der Waals surface area contributed by atoms with Crippen LogP contribution in [0, 0.1) is 5.92 Å². The summed E-state index contributed by atoms with van der Waals surface area (Å²) in [5.74, 6) is 0.841. The summed E-state index contributed by atoms with van der Waals surface area (Å²) in [4.78, 5) is 13.7. The minimum Gasteiger partial charge on any atom is -0.500 e. The molecule has 0 spiro atoms. The smallest absolute Gasteiger partial charge is 0.253 e. The van der Waals surface area contributed by atoms with Gasteiger partial charge in [-0.15, -0.1) is 0 Å². The van der Waals surface area contributed by atoms with E-state index in [1.54, 1.807) is 6.26 Å². The number of nitrogens with zero attached hydrogens (tertiary/aromatic N) is 1. The van der Waals surface area contributed by atoms with Gasteiger partial charge >= 0.3 is 0 Å². The van der Waals surface area contributed by atoms with Crippen molar-refractivity contribution in [1.29, 1.82) is 0 Å². The fourth-order valence-corrected chi connectivity index (χ4v) is 1.87. The summed E-state index contributed by atoms with van der Waals surface area (Å²) >= 11 is 0. The molecule has 3 nitrogen and oxygen atoms in total. The molecule has 2 aliphatic heterocycles. The summed E-state index contributed by atoms with van der Waals surface area (Å²) in [5, 5.41) is 0. The molecule has 0 aliphatic carbocycles. The number of carbonyl (C=O) groups excluding carboxylic acids is 1. The SMILES string of the molecule is CC1CCN(C(=O)C2=COCC2)C1. The van der Waals surface area contributed by atoms with E-state index in [9.17, 15) is 4.79 Å². The molecular weight excluding hydrogens is 166 g/mol. The minimum absolute atomic E-state index is 0.182. The maximum atomic E-state index is 11.8. The van der Waals surface area contributed by atoms with Crippen molar-refractivity contribution in [1.82, 2.24) is 4.90 Å². The van der Waals surface area contributed by atoms with Crippen molar-refractivity contribution in [2.24, 2.45) is 5.92 Å². The Morgan fingerprint density at radius 2 is 2.54 bits per heavy atom. The van der Waals surface area contributed by atoms with Crippen molar-refractivity contribution in [2.75, 3.05) is 19.7 Å². The van der Waals surface area contributed by atoms with Gasteiger partial charge in [-0.3, -0.25) is 4.79 Å². The van der Waals surface area contributed by atoms with E-state index in [0.717, 1.165) is 31.5 Å². The van der Waals surface area contributed by atoms with E-state index >= 15 is 0 Å². The maximum Gasteiger partial charge on any atom is 0.253 e. The van der Waals surface area contributed by atoms with E-state index < -0.39 is 0 Å². The quantitative estimate of drug-likeness (QED) is 0.607. The highest BCUT2D eigenvalue weighted by atomic mass is 16.5. The molecule has 0 aromatic heterocycles. The van der Waals surface area contributed by atoms with Crippen LogP contribution in [0.15, 0.2) is 11.8 Å². The highest BCUT2D eigenvalue weighted by molar-refractivity contribution is 5.93. The van der Waals surface area contributed by atoms with Gasteiger partial charge in [0.05, 0.1) is 18.4 Å². The number of ether oxygens (including phenoxy) is 1. The highest BCUT2D eigenvalue weighted by Crippen LogP contribution is 2.20. The maximum absolute atomic E-state index is 11.8. The van der Waals surface area contributed by atoms with Crippen LogP contribution in [0.2, 0.25) is 0 Å². The van der Waals surface area contributed by atoms with Crippen LogP contribution < -0.4 is 0 Å². The molecule has 0 N–H and O–H groups in total. The largest absolute Gasteiger partial charge is 0.500 e. The first-order valence-electron chi connectivity index (χ1n) is 4.87. The van der Waals surface area contributed by atoms with Crippen LogP contribution in [0.1, 0.15) is 19.8 Å². The summed E-state index contributed by atoms with van der Waals surface area (Å²) in [6.07, 6.45) is 3.54. The second kappa shape index (κ2) is 3.40. The average Bonchev–Trinajstić information content (AvgIpc) is 2.72. The van der Waals surface area contributed by atoms with E-state index in [1.807, 2.05) is 4.90 Å². The van der Waals surface area contributed by atoms with Crippen LogP contribution in [-0.2, 0) is 9.53 Å². The molecule has 13 heavy (non-hydrogen) atoms. The second-order valence-corrected chi connectivity index (χ2v) is 3.91. The van der Waals surface area contributed by atoms with Gasteiger partial charge in [0.15, 0.2) is 0 Å². The van der Waals surface area contributed by atoms with E-state index in [4.69, 9.17) is 4.74 Å². The Balaban J connectivity index is 1.97. The van der Waals surface area contributed by atoms with Gasteiger partial charge in [-0.25, -0.2) is 0 Å². The molecule has 1 saturated heterocycles. The van der Waals surface area contributed by atoms with Crippen LogP contribution in [-0.4, -0.2) is 30.5 Å². The van der Waals surface area contributed by atoms with Gasteiger partial charge in [-0.05, 0) is 12.3 Å². The molecule has 2 rings (SSSR count). The Morgan fingerprint density at radius 1 is 1.69 bits per heavy atom. The van der Waals surface area contributed by atoms with Gasteiger partial charge in [0, 0.05) is 19.5 Å². The molecule has 0 saturated carbocycles. The molecule has 0 bridgehead atoms. The molecule has 1 atom stereocenters. The molecule has 1 fully saturated rings. The predicted molar refractivity (Wildman–Crippen MR) is 49.0 cm³/mol. The first kappa shape index (κ1) is 8.60. The molecule has 2 aliphatic rings. The molecule has 2 heterocycles. The Kier molecular flexibility index (Phi) is 2.25. The van der Waals surface area contributed by atoms with Gasteiger partial charge in [0.2, 0.25) is 0 Å². The number of likely N-dealkylation sites (tertiary alicyclic amines) is 1. The van der Waals surface area contributed by atoms with Crippen molar-refractivity contribution >= 4 is 5.91 Å². The predicted octanol–water partition coefficient (Wildman–Crippen LogP) is 1.16. The lowest BCUT2D eigenvalue weighted by molar-refractivity contribution is -0.126. The molecule has 1 amide bonds. The molecule has 72 valence electrons. The Labute approximate surface area is 78.4 Å². The number of amides is 1. The zero-order valence-electron chi connectivity index (χ0n) is 7.95. The third-order valence-corrected chi connectivity index (χ3v) is 2.70. The number of hydrogen-bond acceptors (Lipinski definition) is 2. The second-order valence-electron chi connectivity index (χ2n) is 3.91. The molecule has 0 aromatic carbocycles. The topological polar surface area (TPSA) is 29.5 Å². The van der Waals surface area contributed by atoms with E-state index in [1.165, 1.54) is 0 Å². The summed E-state index contributed by atoms with van der Waals surface area (Å²) < 4.78 is 5.06. The number of hydrogen-bond donors (Lipinski definition) is 0. The van der Waals surface area contributed by atoms with Crippen molar-refractivity contribution < 1.29 is 9.53 Å². The zero-order chi connectivity index (χ0) is 9.26. The fourth-order valence-electron chi connectivity index (χ4n) is 1.87. The van der Waals surface area contributed by atoms with Crippen LogP contribution >= 0.6 is 0 Å². The number of carbonyl (C=O) groups is 1. The van der Waals surface area contributed by atoms with Gasteiger partial charge in [0.1, 0.15) is 0 Å². The van der Waals surface area contributed by atoms with Crippen molar-refractivity contribution in [2.45, 2.75) is 19.8 Å². The monoisotopic (exact) mass is 181 g/mol.